The van der Waals surface area contributed by atoms with Gasteiger partial charge in [-0.25, -0.2) is 4.98 Å². The second kappa shape index (κ2) is 8.22. The van der Waals surface area contributed by atoms with Crippen molar-refractivity contribution >= 4 is 17.4 Å². The lowest BCUT2D eigenvalue weighted by Crippen LogP contribution is -2.48. The fourth-order valence-corrected chi connectivity index (χ4v) is 3.23. The molecule has 142 valence electrons. The molecule has 3 heterocycles. The minimum Gasteiger partial charge on any atom is -0.490 e. The number of hydrogen-bond donors (Lipinski definition) is 1. The van der Waals surface area contributed by atoms with Crippen LogP contribution in [0.4, 0.5) is 11.5 Å². The number of amides is 1. The van der Waals surface area contributed by atoms with E-state index in [-0.39, 0.29) is 5.91 Å². The van der Waals surface area contributed by atoms with E-state index < -0.39 is 0 Å². The smallest absolute Gasteiger partial charge is 0.238 e. The molecule has 2 aliphatic heterocycles. The lowest BCUT2D eigenvalue weighted by Gasteiger charge is -2.34. The molecule has 4 rings (SSSR count). The molecule has 1 saturated heterocycles. The van der Waals surface area contributed by atoms with Crippen molar-refractivity contribution in [2.75, 3.05) is 56.2 Å². The van der Waals surface area contributed by atoms with Crippen LogP contribution in [-0.2, 0) is 4.79 Å². The molecule has 1 fully saturated rings. The van der Waals surface area contributed by atoms with Gasteiger partial charge in [-0.05, 0) is 12.1 Å². The van der Waals surface area contributed by atoms with Crippen LogP contribution in [0.1, 0.15) is 6.42 Å². The Morgan fingerprint density at radius 3 is 2.67 bits per heavy atom. The first-order chi connectivity index (χ1) is 13.3. The highest BCUT2D eigenvalue weighted by molar-refractivity contribution is 5.92. The molecule has 1 aromatic heterocycles. The third-order valence-corrected chi connectivity index (χ3v) is 4.64. The molecule has 0 spiro atoms. The first-order valence-electron chi connectivity index (χ1n) is 9.21. The number of carbonyl (C=O) groups is 1. The summed E-state index contributed by atoms with van der Waals surface area (Å²) in [4.78, 5) is 25.2. The average Bonchev–Trinajstić information content (AvgIpc) is 2.94. The van der Waals surface area contributed by atoms with Crippen molar-refractivity contribution in [1.29, 1.82) is 0 Å². The number of fused-ring (bicyclic) bond motifs is 1. The van der Waals surface area contributed by atoms with Crippen LogP contribution in [0.25, 0.3) is 0 Å². The van der Waals surface area contributed by atoms with Crippen molar-refractivity contribution < 1.29 is 14.3 Å². The van der Waals surface area contributed by atoms with Crippen LogP contribution in [0.3, 0.4) is 0 Å². The number of hydrogen-bond acceptors (Lipinski definition) is 7. The molecule has 0 atom stereocenters. The molecule has 1 amide bonds. The van der Waals surface area contributed by atoms with Gasteiger partial charge in [0.25, 0.3) is 0 Å². The van der Waals surface area contributed by atoms with Gasteiger partial charge in [-0.15, -0.1) is 0 Å². The molecular weight excluding hydrogens is 346 g/mol. The van der Waals surface area contributed by atoms with Gasteiger partial charge in [-0.3, -0.25) is 14.7 Å². The lowest BCUT2D eigenvalue weighted by molar-refractivity contribution is -0.117. The topological polar surface area (TPSA) is 79.8 Å². The van der Waals surface area contributed by atoms with Gasteiger partial charge >= 0.3 is 0 Å². The van der Waals surface area contributed by atoms with Crippen LogP contribution < -0.4 is 19.7 Å². The quantitative estimate of drug-likeness (QED) is 0.872. The first kappa shape index (κ1) is 17.5. The molecule has 8 heteroatoms. The Hall–Kier alpha value is -2.87. The summed E-state index contributed by atoms with van der Waals surface area (Å²) >= 11 is 0. The fourth-order valence-electron chi connectivity index (χ4n) is 3.23. The SMILES string of the molecule is O=C(CN1CCN(c2cnccn2)CC1)Nc1ccc2c(c1)OCCCO2. The maximum absolute atomic E-state index is 12.4. The second-order valence-electron chi connectivity index (χ2n) is 6.59. The molecule has 0 saturated carbocycles. The molecule has 0 bridgehead atoms. The van der Waals surface area contributed by atoms with Crippen LogP contribution in [0.15, 0.2) is 36.8 Å². The number of nitrogens with one attached hydrogen (secondary N) is 1. The fraction of sp³-hybridized carbons (Fsp3) is 0.421. The van der Waals surface area contributed by atoms with Crippen LogP contribution in [-0.4, -0.2) is 66.7 Å². The van der Waals surface area contributed by atoms with Crippen molar-refractivity contribution in [2.24, 2.45) is 0 Å². The highest BCUT2D eigenvalue weighted by atomic mass is 16.5. The largest absolute Gasteiger partial charge is 0.490 e. The average molecular weight is 369 g/mol. The number of aromatic nitrogens is 2. The van der Waals surface area contributed by atoms with Crippen LogP contribution in [0.5, 0.6) is 11.5 Å². The molecule has 2 aromatic rings. The number of anilines is 2. The molecule has 0 radical (unpaired) electrons. The van der Waals surface area contributed by atoms with Gasteiger partial charge in [0.1, 0.15) is 5.82 Å². The van der Waals surface area contributed by atoms with Crippen LogP contribution >= 0.6 is 0 Å². The molecule has 0 unspecified atom stereocenters. The molecule has 0 aliphatic carbocycles. The summed E-state index contributed by atoms with van der Waals surface area (Å²) in [6.45, 7) is 4.92. The number of ether oxygens (including phenoxy) is 2. The standard InChI is InChI=1S/C19H23N5O3/c25-19(22-15-2-3-16-17(12-15)27-11-1-10-26-16)14-23-6-8-24(9-7-23)18-13-20-4-5-21-18/h2-5,12-13H,1,6-11,14H2,(H,22,25). The monoisotopic (exact) mass is 369 g/mol. The summed E-state index contributed by atoms with van der Waals surface area (Å²) in [5.74, 6) is 2.26. The third kappa shape index (κ3) is 4.46. The number of benzene rings is 1. The minimum atomic E-state index is -0.0301. The van der Waals surface area contributed by atoms with Crippen molar-refractivity contribution in [3.05, 3.63) is 36.8 Å². The molecule has 2 aliphatic rings. The summed E-state index contributed by atoms with van der Waals surface area (Å²) in [5, 5.41) is 2.95. The summed E-state index contributed by atoms with van der Waals surface area (Å²) in [6.07, 6.45) is 6.00. The number of rotatable bonds is 4. The number of nitrogens with zero attached hydrogens (tertiary/aromatic N) is 4. The van der Waals surface area contributed by atoms with Gasteiger partial charge in [-0.2, -0.15) is 0 Å². The molecule has 1 N–H and O–H groups in total. The van der Waals surface area contributed by atoms with E-state index in [1.165, 1.54) is 0 Å². The summed E-state index contributed by atoms with van der Waals surface area (Å²) < 4.78 is 11.3. The summed E-state index contributed by atoms with van der Waals surface area (Å²) in [7, 11) is 0. The highest BCUT2D eigenvalue weighted by Gasteiger charge is 2.20. The Labute approximate surface area is 158 Å². The summed E-state index contributed by atoms with van der Waals surface area (Å²) in [6, 6.07) is 5.51. The van der Waals surface area contributed by atoms with E-state index in [1.807, 2.05) is 18.2 Å². The van der Waals surface area contributed by atoms with Gasteiger partial charge in [-0.1, -0.05) is 0 Å². The van der Waals surface area contributed by atoms with E-state index in [1.54, 1.807) is 18.6 Å². The van der Waals surface area contributed by atoms with E-state index in [9.17, 15) is 4.79 Å². The zero-order valence-corrected chi connectivity index (χ0v) is 15.1. The predicted octanol–water partition coefficient (Wildman–Crippen LogP) is 1.40. The van der Waals surface area contributed by atoms with E-state index in [2.05, 4.69) is 25.1 Å². The maximum atomic E-state index is 12.4. The minimum absolute atomic E-state index is 0.0301. The van der Waals surface area contributed by atoms with E-state index >= 15 is 0 Å². The van der Waals surface area contributed by atoms with Crippen molar-refractivity contribution in [3.8, 4) is 11.5 Å². The number of piperazine rings is 1. The van der Waals surface area contributed by atoms with Crippen molar-refractivity contribution in [2.45, 2.75) is 6.42 Å². The third-order valence-electron chi connectivity index (χ3n) is 4.64. The number of carbonyl (C=O) groups excluding carboxylic acids is 1. The van der Waals surface area contributed by atoms with Gasteiger partial charge in [0.05, 0.1) is 26.0 Å². The Morgan fingerprint density at radius 1 is 1.07 bits per heavy atom. The molecular formula is C19H23N5O3. The van der Waals surface area contributed by atoms with Crippen molar-refractivity contribution in [1.82, 2.24) is 14.9 Å². The van der Waals surface area contributed by atoms with E-state index in [0.29, 0.717) is 25.5 Å². The van der Waals surface area contributed by atoms with E-state index in [4.69, 9.17) is 9.47 Å². The van der Waals surface area contributed by atoms with Gasteiger partial charge in [0.15, 0.2) is 11.5 Å². The highest BCUT2D eigenvalue weighted by Crippen LogP contribution is 2.32. The molecule has 8 nitrogen and oxygen atoms in total. The lowest BCUT2D eigenvalue weighted by atomic mass is 10.2. The Kier molecular flexibility index (Phi) is 5.34. The van der Waals surface area contributed by atoms with Crippen molar-refractivity contribution in [3.63, 3.8) is 0 Å². The molecule has 1 aromatic carbocycles. The Bertz CT molecular complexity index is 778. The second-order valence-corrected chi connectivity index (χ2v) is 6.59. The molecule has 27 heavy (non-hydrogen) atoms. The van der Waals surface area contributed by atoms with Gasteiger partial charge in [0.2, 0.25) is 5.91 Å². The zero-order valence-electron chi connectivity index (χ0n) is 15.1. The maximum Gasteiger partial charge on any atom is 0.238 e. The van der Waals surface area contributed by atoms with E-state index in [0.717, 1.165) is 49.9 Å². The predicted molar refractivity (Wildman–Crippen MR) is 101 cm³/mol. The zero-order chi connectivity index (χ0) is 18.5. The van der Waals surface area contributed by atoms with Gasteiger partial charge in [0, 0.05) is 56.7 Å². The summed E-state index contributed by atoms with van der Waals surface area (Å²) in [5.41, 5.74) is 0.724. The van der Waals surface area contributed by atoms with Gasteiger partial charge < -0.3 is 19.7 Å². The first-order valence-corrected chi connectivity index (χ1v) is 9.21. The van der Waals surface area contributed by atoms with Crippen LogP contribution in [0, 0.1) is 0 Å². The normalized spacial score (nSPS) is 17.3. The van der Waals surface area contributed by atoms with Crippen LogP contribution in [0.2, 0.25) is 0 Å². The Morgan fingerprint density at radius 2 is 1.89 bits per heavy atom. The Balaban J connectivity index is 1.28.